The van der Waals surface area contributed by atoms with Crippen molar-refractivity contribution in [3.8, 4) is 0 Å². The van der Waals surface area contributed by atoms with Crippen molar-refractivity contribution >= 4 is 132 Å². The molecule has 25 nitrogen and oxygen atoms in total. The molecule has 4 aliphatic heterocycles. The number of carbonyl (C=O) groups excluding carboxylic acids is 3. The highest BCUT2D eigenvalue weighted by Gasteiger charge is 2.24. The first kappa shape index (κ1) is 101. The predicted molar refractivity (Wildman–Crippen MR) is 549 cm³/mol. The normalized spacial score (nSPS) is 14.5. The van der Waals surface area contributed by atoms with Crippen LogP contribution in [0.15, 0.2) is 207 Å². The number of hydrogen-bond donors (Lipinski definition) is 4. The van der Waals surface area contributed by atoms with Gasteiger partial charge in [0, 0.05) is 212 Å². The molecule has 8 aromatic carbocycles. The van der Waals surface area contributed by atoms with Crippen LogP contribution >= 0.6 is 46.4 Å². The molecule has 12 aromatic rings. The first-order valence-electron chi connectivity index (χ1n) is 46.3. The molecule has 4 aliphatic rings. The summed E-state index contributed by atoms with van der Waals surface area (Å²) < 4.78 is 24.7. The topological polar surface area (TPSA) is 263 Å². The van der Waals surface area contributed by atoms with E-state index in [1.807, 2.05) is 192 Å². The highest BCUT2D eigenvalue weighted by Crippen LogP contribution is 2.31. The van der Waals surface area contributed by atoms with Gasteiger partial charge >= 0.3 is 0 Å². The van der Waals surface area contributed by atoms with Crippen LogP contribution in [0.1, 0.15) is 117 Å². The van der Waals surface area contributed by atoms with E-state index in [1.54, 1.807) is 12.1 Å². The summed E-state index contributed by atoms with van der Waals surface area (Å²) >= 11 is 24.5. The van der Waals surface area contributed by atoms with Crippen LogP contribution in [0, 0.1) is 33.6 Å². The number of aromatic nitrogens is 8. The predicted octanol–water partition coefficient (Wildman–Crippen LogP) is 18.3. The van der Waals surface area contributed by atoms with E-state index >= 15 is 0 Å². The molecule has 30 heteroatoms. The Hall–Kier alpha value is -11.6. The van der Waals surface area contributed by atoms with Gasteiger partial charge in [0.1, 0.15) is 5.78 Å². The van der Waals surface area contributed by atoms with Gasteiger partial charge in [0.2, 0.25) is 35.6 Å². The quantitative estimate of drug-likeness (QED) is 0.0339. The SMILES string of the molecule is CCCS(=O)(=O)Cc1cc(Cc2nc(Nc3ccc(N4CCN(C)CC4)cc3)ncc2C)ccc1Cl.Cc1cnc(Nc2ccc(CC(=O)N3CCN(C)CC3)cc2)nc1Cc1ccc(Cl)c(Cl)c1.Cc1cnc(Nc2ccc(CC(=O)N3CCN(C)CC3)cc2)nc1Cc1ccc(Cl)cc1.Cc1cnc(Nc2ccc(N3CCN(C)CC3)cc2)nc1Cc1cccc(CC(=O)C(C)C)c1. The van der Waals surface area contributed by atoms with E-state index in [-0.39, 0.29) is 35.0 Å². The van der Waals surface area contributed by atoms with Gasteiger partial charge in [-0.1, -0.05) is 146 Å². The van der Waals surface area contributed by atoms with Crippen molar-refractivity contribution in [2.45, 2.75) is 106 Å². The van der Waals surface area contributed by atoms with Gasteiger partial charge in [-0.05, 0) is 232 Å². The fraction of sp³-hybridized carbons (Fsp3) is 0.362. The van der Waals surface area contributed by atoms with Gasteiger partial charge in [-0.2, -0.15) is 0 Å². The fourth-order valence-corrected chi connectivity index (χ4v) is 18.1. The fourth-order valence-electron chi connectivity index (χ4n) is 15.9. The molecule has 4 saturated heterocycles. The average Bonchev–Trinajstić information content (AvgIpc) is 0.815. The zero-order valence-corrected chi connectivity index (χ0v) is 83.0. The first-order chi connectivity index (χ1) is 64.9. The number of sulfone groups is 1. The maximum Gasteiger partial charge on any atom is 0.227 e. The summed E-state index contributed by atoms with van der Waals surface area (Å²) in [6, 6.07) is 59.9. The lowest BCUT2D eigenvalue weighted by atomic mass is 9.98. The van der Waals surface area contributed by atoms with Gasteiger partial charge in [0.25, 0.3) is 0 Å². The number of rotatable bonds is 29. The lowest BCUT2D eigenvalue weighted by Gasteiger charge is -2.34. The third kappa shape index (κ3) is 31.0. The smallest absolute Gasteiger partial charge is 0.227 e. The molecule has 4 fully saturated rings. The van der Waals surface area contributed by atoms with Crippen LogP contribution in [-0.4, -0.2) is 234 Å². The van der Waals surface area contributed by atoms with Gasteiger partial charge < -0.3 is 60.5 Å². The van der Waals surface area contributed by atoms with Crippen molar-refractivity contribution in [3.05, 3.63) is 316 Å². The Balaban J connectivity index is 0.000000153. The number of aryl methyl sites for hydroxylation is 4. The van der Waals surface area contributed by atoms with Gasteiger partial charge in [-0.15, -0.1) is 0 Å². The van der Waals surface area contributed by atoms with Gasteiger partial charge in [0.05, 0.1) is 57.2 Å². The third-order valence-electron chi connectivity index (χ3n) is 24.5. The molecule has 708 valence electrons. The molecule has 0 unspecified atom stereocenters. The van der Waals surface area contributed by atoms with Crippen LogP contribution in [0.4, 0.5) is 57.9 Å². The Kier molecular flexibility index (Phi) is 36.4. The van der Waals surface area contributed by atoms with E-state index in [0.717, 1.165) is 216 Å². The molecule has 0 bridgehead atoms. The highest BCUT2D eigenvalue weighted by atomic mass is 35.5. The second-order valence-corrected chi connectivity index (χ2v) is 39.6. The van der Waals surface area contributed by atoms with E-state index in [1.165, 1.54) is 11.4 Å². The van der Waals surface area contributed by atoms with E-state index < -0.39 is 9.84 Å². The average molecular weight is 1920 g/mol. The molecule has 16 rings (SSSR count). The molecule has 0 radical (unpaired) electrons. The maximum absolute atomic E-state index is 12.6. The molecule has 0 spiro atoms. The summed E-state index contributed by atoms with van der Waals surface area (Å²) in [7, 11) is 5.32. The number of hydrogen-bond acceptors (Lipinski definition) is 23. The molecular formula is C105H124Cl4N20O5S. The summed E-state index contributed by atoms with van der Waals surface area (Å²) in [6.07, 6.45) is 11.9. The molecule has 4 aromatic heterocycles. The van der Waals surface area contributed by atoms with Crippen molar-refractivity contribution < 1.29 is 22.8 Å². The molecule has 4 N–H and O–H groups in total. The summed E-state index contributed by atoms with van der Waals surface area (Å²) in [6.45, 7) is 29.2. The third-order valence-corrected chi connectivity index (χ3v) is 27.7. The summed E-state index contributed by atoms with van der Waals surface area (Å²) in [5.74, 6) is 3.00. The summed E-state index contributed by atoms with van der Waals surface area (Å²) in [4.78, 5) is 91.9. The number of nitrogens with one attached hydrogen (secondary N) is 4. The second-order valence-electron chi connectivity index (χ2n) is 35.8. The number of ketones is 1. The Morgan fingerprint density at radius 3 is 1.06 bits per heavy atom. The lowest BCUT2D eigenvalue weighted by molar-refractivity contribution is -0.132. The molecule has 0 atom stereocenters. The molecule has 135 heavy (non-hydrogen) atoms. The minimum atomic E-state index is -3.18. The molecule has 0 aliphatic carbocycles. The highest BCUT2D eigenvalue weighted by molar-refractivity contribution is 7.90. The number of Topliss-reactive ketones (excluding diaryl/α,β-unsaturated/α-hetero) is 1. The monoisotopic (exact) mass is 1920 g/mol. The zero-order valence-electron chi connectivity index (χ0n) is 79.2. The number of carbonyl (C=O) groups is 3. The Morgan fingerprint density at radius 2 is 0.689 bits per heavy atom. The van der Waals surface area contributed by atoms with Crippen molar-refractivity contribution in [1.29, 1.82) is 0 Å². The van der Waals surface area contributed by atoms with Gasteiger partial charge in [-0.3, -0.25) is 14.4 Å². The van der Waals surface area contributed by atoms with E-state index in [0.29, 0.717) is 95.8 Å². The standard InChI is InChI=1S/C28H35N5O.C27H34ClN5O2S.C25H27Cl2N5O.C25H28ClN5O/c1-20(2)27(34)18-23-7-5-6-22(16-23)17-26-21(3)19-29-28(31-26)30-24-8-10-25(11-9-24)33-14-12-32(4)13-15-33;1-4-15-36(34,35)19-22-16-21(5-10-25(22)28)17-26-20(2)18-29-27(31-26)30-23-6-8-24(9-7-23)33-13-11-32(3)12-14-33;1-17-16-28-25(30-23(17)14-19-5-8-21(26)22(27)13-19)29-20-6-3-18(4-7-20)15-24(33)32-11-9-31(2)10-12-32;1-18-17-27-25(29-23(18)15-19-3-7-21(26)8-4-19)28-22-9-5-20(6-10-22)16-24(32)31-13-11-30(2)12-14-31/h5-11,16,19-20H,12-15,17-18H2,1-4H3,(H,29,30,31);5-10,16,18H,4,11-15,17,19H2,1-3H3,(H,29,30,31);3-8,13,16H,9-12,14-15H2,1-2H3,(H,28,29,30);3-10,17H,11-16H2,1-2H3,(H,27,28,29). The van der Waals surface area contributed by atoms with Crippen molar-refractivity contribution in [1.82, 2.24) is 69.3 Å². The second kappa shape index (κ2) is 48.8. The van der Waals surface area contributed by atoms with Crippen LogP contribution in [0.25, 0.3) is 0 Å². The molecular weight excluding hydrogens is 1800 g/mol. The molecule has 0 saturated carbocycles. The number of nitrogens with zero attached hydrogens (tertiary/aromatic N) is 16. The zero-order chi connectivity index (χ0) is 95.7. The summed E-state index contributed by atoms with van der Waals surface area (Å²) in [5.41, 5.74) is 22.0. The number of halogens is 4. The van der Waals surface area contributed by atoms with Crippen molar-refractivity contribution in [2.24, 2.45) is 5.92 Å². The molecule has 2 amide bonds. The minimum absolute atomic E-state index is 0.0484. The lowest BCUT2D eigenvalue weighted by Crippen LogP contribution is -2.47. The minimum Gasteiger partial charge on any atom is -0.369 e. The Bertz CT molecular complexity index is 6080. The number of anilines is 10. The van der Waals surface area contributed by atoms with E-state index in [2.05, 4.69) is 159 Å². The number of amides is 2. The largest absolute Gasteiger partial charge is 0.369 e. The van der Waals surface area contributed by atoms with Crippen LogP contribution in [0.3, 0.4) is 0 Å². The van der Waals surface area contributed by atoms with Crippen LogP contribution < -0.4 is 31.1 Å². The number of benzene rings is 8. The van der Waals surface area contributed by atoms with Crippen molar-refractivity contribution in [2.75, 3.05) is 170 Å². The van der Waals surface area contributed by atoms with Crippen LogP contribution in [-0.2, 0) is 74.9 Å². The maximum atomic E-state index is 12.6. The Labute approximate surface area is 815 Å². The van der Waals surface area contributed by atoms with Gasteiger partial charge in [-0.25, -0.2) is 48.3 Å². The van der Waals surface area contributed by atoms with Crippen LogP contribution in [0.5, 0.6) is 0 Å². The van der Waals surface area contributed by atoms with Crippen LogP contribution in [0.2, 0.25) is 20.1 Å². The number of likely N-dealkylation sites (N-methyl/N-ethyl adjacent to an activating group) is 4. The molecule has 8 heterocycles. The number of piperazine rings is 4. The van der Waals surface area contributed by atoms with Gasteiger partial charge in [0.15, 0.2) is 9.84 Å². The van der Waals surface area contributed by atoms with Crippen molar-refractivity contribution in [3.63, 3.8) is 0 Å². The first-order valence-corrected chi connectivity index (χ1v) is 49.6. The van der Waals surface area contributed by atoms with E-state index in [4.69, 9.17) is 66.3 Å². The summed E-state index contributed by atoms with van der Waals surface area (Å²) in [5, 5.41) is 15.5. The van der Waals surface area contributed by atoms with E-state index in [9.17, 15) is 22.8 Å². The Morgan fingerprint density at radius 1 is 0.363 bits per heavy atom.